The number of thiophene rings is 1. The van der Waals surface area contributed by atoms with Crippen LogP contribution >= 0.6 is 35.3 Å². The van der Waals surface area contributed by atoms with E-state index in [1.165, 1.54) is 9.75 Å². The zero-order valence-electron chi connectivity index (χ0n) is 15.5. The van der Waals surface area contributed by atoms with Gasteiger partial charge in [0.15, 0.2) is 5.96 Å². The van der Waals surface area contributed by atoms with Crippen molar-refractivity contribution in [3.63, 3.8) is 0 Å². The second-order valence-electron chi connectivity index (χ2n) is 6.43. The maximum Gasteiger partial charge on any atom is 0.227 e. The van der Waals surface area contributed by atoms with E-state index in [0.29, 0.717) is 13.1 Å². The van der Waals surface area contributed by atoms with Crippen LogP contribution in [0.5, 0.6) is 0 Å². The van der Waals surface area contributed by atoms with Gasteiger partial charge in [-0.3, -0.25) is 9.79 Å². The number of aryl methyl sites for hydroxylation is 1. The summed E-state index contributed by atoms with van der Waals surface area (Å²) >= 11 is 1.82. The van der Waals surface area contributed by atoms with Gasteiger partial charge in [-0.15, -0.1) is 35.3 Å². The summed E-state index contributed by atoms with van der Waals surface area (Å²) in [6, 6.07) is 4.59. The molecule has 0 fully saturated rings. The molecular formula is C17H31IN4OS. The third-order valence-electron chi connectivity index (χ3n) is 3.56. The minimum atomic E-state index is -0.484. The van der Waals surface area contributed by atoms with Crippen molar-refractivity contribution >= 4 is 47.2 Å². The maximum absolute atomic E-state index is 12.0. The van der Waals surface area contributed by atoms with Crippen LogP contribution in [-0.2, 0) is 11.2 Å². The lowest BCUT2D eigenvalue weighted by Gasteiger charge is -2.25. The molecule has 0 aliphatic carbocycles. The summed E-state index contributed by atoms with van der Waals surface area (Å²) in [5.41, 5.74) is -0.484. The summed E-state index contributed by atoms with van der Waals surface area (Å²) in [6.45, 7) is 11.2. The van der Waals surface area contributed by atoms with Gasteiger partial charge in [-0.2, -0.15) is 0 Å². The molecule has 138 valence electrons. The predicted octanol–water partition coefficient (Wildman–Crippen LogP) is 2.93. The Bertz CT molecular complexity index is 542. The van der Waals surface area contributed by atoms with Crippen molar-refractivity contribution in [2.75, 3.05) is 20.1 Å². The number of hydrogen-bond acceptors (Lipinski definition) is 3. The van der Waals surface area contributed by atoms with Gasteiger partial charge in [-0.05, 0) is 46.8 Å². The van der Waals surface area contributed by atoms with E-state index in [1.807, 2.05) is 32.1 Å². The summed E-state index contributed by atoms with van der Waals surface area (Å²) < 4.78 is 0. The molecule has 0 aromatic carbocycles. The molecule has 1 rings (SSSR count). The second kappa shape index (κ2) is 10.9. The molecule has 1 aromatic heterocycles. The molecule has 0 aliphatic rings. The van der Waals surface area contributed by atoms with Crippen molar-refractivity contribution in [1.82, 2.24) is 16.0 Å². The third-order valence-corrected chi connectivity index (χ3v) is 4.58. The van der Waals surface area contributed by atoms with E-state index in [4.69, 9.17) is 0 Å². The van der Waals surface area contributed by atoms with Crippen molar-refractivity contribution in [1.29, 1.82) is 0 Å². The third kappa shape index (κ3) is 7.83. The van der Waals surface area contributed by atoms with Crippen molar-refractivity contribution in [3.05, 3.63) is 21.9 Å². The smallest absolute Gasteiger partial charge is 0.227 e. The molecule has 7 heteroatoms. The molecule has 1 aromatic rings. The number of halogens is 1. The van der Waals surface area contributed by atoms with E-state index >= 15 is 0 Å². The van der Waals surface area contributed by atoms with Gasteiger partial charge in [0, 0.05) is 42.4 Å². The topological polar surface area (TPSA) is 65.5 Å². The van der Waals surface area contributed by atoms with Crippen molar-refractivity contribution in [2.24, 2.45) is 10.4 Å². The fraction of sp³-hybridized carbons (Fsp3) is 0.647. The van der Waals surface area contributed by atoms with E-state index in [1.54, 1.807) is 7.05 Å². The Hall–Kier alpha value is -0.830. The van der Waals surface area contributed by atoms with Crippen molar-refractivity contribution in [2.45, 2.75) is 47.1 Å². The van der Waals surface area contributed by atoms with Gasteiger partial charge in [0.1, 0.15) is 0 Å². The molecule has 3 N–H and O–H groups in total. The Kier molecular flexibility index (Phi) is 10.5. The lowest BCUT2D eigenvalue weighted by molar-refractivity contribution is -0.128. The Labute approximate surface area is 167 Å². The van der Waals surface area contributed by atoms with Crippen LogP contribution in [0.3, 0.4) is 0 Å². The number of carbonyl (C=O) groups excluding carboxylic acids is 1. The molecule has 0 bridgehead atoms. The molecule has 1 atom stereocenters. The van der Waals surface area contributed by atoms with Crippen LogP contribution in [0.15, 0.2) is 17.1 Å². The van der Waals surface area contributed by atoms with E-state index in [0.717, 1.165) is 12.4 Å². The van der Waals surface area contributed by atoms with Gasteiger partial charge < -0.3 is 16.0 Å². The predicted molar refractivity (Wildman–Crippen MR) is 115 cm³/mol. The monoisotopic (exact) mass is 466 g/mol. The molecule has 0 radical (unpaired) electrons. The molecule has 24 heavy (non-hydrogen) atoms. The van der Waals surface area contributed by atoms with E-state index in [-0.39, 0.29) is 35.9 Å². The zero-order valence-corrected chi connectivity index (χ0v) is 18.7. The van der Waals surface area contributed by atoms with Crippen LogP contribution < -0.4 is 16.0 Å². The molecule has 0 spiro atoms. The number of nitrogens with one attached hydrogen (secondary N) is 3. The molecule has 5 nitrogen and oxygen atoms in total. The number of guanidine groups is 1. The summed E-state index contributed by atoms with van der Waals surface area (Å²) in [7, 11) is 1.75. The first kappa shape index (κ1) is 23.2. The highest BCUT2D eigenvalue weighted by atomic mass is 127. The first-order chi connectivity index (χ1) is 10.8. The average Bonchev–Trinajstić information content (AvgIpc) is 2.88. The van der Waals surface area contributed by atoms with Gasteiger partial charge in [0.25, 0.3) is 0 Å². The highest BCUT2D eigenvalue weighted by Crippen LogP contribution is 2.17. The van der Waals surface area contributed by atoms with Crippen molar-refractivity contribution < 1.29 is 4.79 Å². The summed E-state index contributed by atoms with van der Waals surface area (Å²) in [4.78, 5) is 19.0. The number of nitrogens with zero attached hydrogens (tertiary/aromatic N) is 1. The summed E-state index contributed by atoms with van der Waals surface area (Å²) in [5, 5.41) is 9.50. The highest BCUT2D eigenvalue weighted by Gasteiger charge is 2.27. The molecule has 1 heterocycles. The van der Waals surface area contributed by atoms with Crippen LogP contribution in [0.4, 0.5) is 0 Å². The second-order valence-corrected chi connectivity index (χ2v) is 7.80. The SMILES string of the molecule is CCNC(=O)C(C)(C)CNC(=NC)NC(C)Cc1ccc(C)s1.I. The summed E-state index contributed by atoms with van der Waals surface area (Å²) in [6.07, 6.45) is 0.957. The lowest BCUT2D eigenvalue weighted by atomic mass is 9.92. The largest absolute Gasteiger partial charge is 0.356 e. The number of carbonyl (C=O) groups is 1. The fourth-order valence-corrected chi connectivity index (χ4v) is 3.18. The van der Waals surface area contributed by atoms with Crippen LogP contribution in [0, 0.1) is 12.3 Å². The van der Waals surface area contributed by atoms with Crippen LogP contribution in [0.2, 0.25) is 0 Å². The standard InChI is InChI=1S/C17H30N4OS.HI/c1-7-19-15(22)17(4,5)11-20-16(18-6)21-12(2)10-14-9-8-13(3)23-14;/h8-9,12H,7,10-11H2,1-6H3,(H,19,22)(H2,18,20,21);1H. The van der Waals surface area contributed by atoms with Crippen LogP contribution in [0.25, 0.3) is 0 Å². The number of aliphatic imine (C=N–C) groups is 1. The molecule has 0 saturated carbocycles. The van der Waals surface area contributed by atoms with Gasteiger partial charge in [-0.25, -0.2) is 0 Å². The van der Waals surface area contributed by atoms with Gasteiger partial charge >= 0.3 is 0 Å². The molecule has 1 amide bonds. The molecule has 1 unspecified atom stereocenters. The lowest BCUT2D eigenvalue weighted by Crippen LogP contribution is -2.49. The number of amides is 1. The number of hydrogen-bond donors (Lipinski definition) is 3. The first-order valence-electron chi connectivity index (χ1n) is 8.09. The Morgan fingerprint density at radius 3 is 2.50 bits per heavy atom. The summed E-state index contributed by atoms with van der Waals surface area (Å²) in [5.74, 6) is 0.771. The quantitative estimate of drug-likeness (QED) is 0.329. The Morgan fingerprint density at radius 2 is 2.00 bits per heavy atom. The Balaban J connectivity index is 0.00000529. The van der Waals surface area contributed by atoms with Crippen molar-refractivity contribution in [3.8, 4) is 0 Å². The van der Waals surface area contributed by atoms with E-state index < -0.39 is 5.41 Å². The Morgan fingerprint density at radius 1 is 1.33 bits per heavy atom. The van der Waals surface area contributed by atoms with E-state index in [2.05, 4.69) is 46.9 Å². The minimum Gasteiger partial charge on any atom is -0.356 e. The average molecular weight is 466 g/mol. The van der Waals surface area contributed by atoms with Gasteiger partial charge in [0.05, 0.1) is 5.41 Å². The van der Waals surface area contributed by atoms with Crippen LogP contribution in [0.1, 0.15) is 37.4 Å². The molecular weight excluding hydrogens is 435 g/mol. The zero-order chi connectivity index (χ0) is 17.5. The first-order valence-corrected chi connectivity index (χ1v) is 8.91. The van der Waals surface area contributed by atoms with E-state index in [9.17, 15) is 4.79 Å². The maximum atomic E-state index is 12.0. The normalized spacial score (nSPS) is 13.0. The van der Waals surface area contributed by atoms with Gasteiger partial charge in [0.2, 0.25) is 5.91 Å². The number of rotatable bonds is 7. The van der Waals surface area contributed by atoms with Gasteiger partial charge in [-0.1, -0.05) is 0 Å². The molecule has 0 saturated heterocycles. The highest BCUT2D eigenvalue weighted by molar-refractivity contribution is 14.0. The molecule has 0 aliphatic heterocycles. The minimum absolute atomic E-state index is 0. The fourth-order valence-electron chi connectivity index (χ4n) is 2.16. The van der Waals surface area contributed by atoms with Crippen LogP contribution in [-0.4, -0.2) is 38.0 Å².